The smallest absolute Gasteiger partial charge is 0.272 e. The van der Waals surface area contributed by atoms with Gasteiger partial charge in [-0.15, -0.1) is 11.8 Å². The summed E-state index contributed by atoms with van der Waals surface area (Å²) in [6.07, 6.45) is 1.55. The largest absolute Gasteiger partial charge is 0.497 e. The van der Waals surface area contributed by atoms with Crippen molar-refractivity contribution in [1.82, 2.24) is 10.3 Å². The van der Waals surface area contributed by atoms with Crippen LogP contribution in [0.1, 0.15) is 32.3 Å². The number of carbonyl (C=O) groups excluding carboxylic acids is 3. The Morgan fingerprint density at radius 2 is 1.57 bits per heavy atom. The van der Waals surface area contributed by atoms with Crippen molar-refractivity contribution in [3.05, 3.63) is 149 Å². The van der Waals surface area contributed by atoms with E-state index in [9.17, 15) is 14.4 Å². The molecular weight excluding hydrogens is 681 g/mol. The molecule has 1 unspecified atom stereocenters. The Labute approximate surface area is 303 Å². The molecule has 3 amide bonds. The highest BCUT2D eigenvalue weighted by Crippen LogP contribution is 2.38. The number of benzene rings is 5. The molecule has 0 saturated heterocycles. The highest BCUT2D eigenvalue weighted by atomic mass is 32.2. The molecule has 0 spiro atoms. The van der Waals surface area contributed by atoms with Crippen LogP contribution in [0, 0.1) is 6.92 Å². The second kappa shape index (κ2) is 16.2. The summed E-state index contributed by atoms with van der Waals surface area (Å²) in [7, 11) is 3.06. The minimum Gasteiger partial charge on any atom is -0.497 e. The van der Waals surface area contributed by atoms with Gasteiger partial charge in [0.25, 0.3) is 11.8 Å². The Hall–Kier alpha value is -5.91. The van der Waals surface area contributed by atoms with Gasteiger partial charge in [0.1, 0.15) is 22.4 Å². The van der Waals surface area contributed by atoms with Crippen molar-refractivity contribution in [2.24, 2.45) is 0 Å². The number of carbonyl (C=O) groups is 3. The molecule has 5 aromatic carbocycles. The van der Waals surface area contributed by atoms with Crippen LogP contribution in [0.5, 0.6) is 11.5 Å². The van der Waals surface area contributed by atoms with Gasteiger partial charge in [-0.2, -0.15) is 0 Å². The maximum absolute atomic E-state index is 13.8. The second-order valence-electron chi connectivity index (χ2n) is 11.4. The lowest BCUT2D eigenvalue weighted by Gasteiger charge is -2.17. The van der Waals surface area contributed by atoms with Gasteiger partial charge in [-0.25, -0.2) is 4.98 Å². The number of hydrogen-bond acceptors (Lipinski definition) is 8. The van der Waals surface area contributed by atoms with Gasteiger partial charge in [-0.3, -0.25) is 14.4 Å². The number of methoxy groups -OCH3 is 2. The van der Waals surface area contributed by atoms with Crippen LogP contribution >= 0.6 is 23.1 Å². The Morgan fingerprint density at radius 1 is 0.804 bits per heavy atom. The van der Waals surface area contributed by atoms with Crippen molar-refractivity contribution in [3.8, 4) is 11.5 Å². The van der Waals surface area contributed by atoms with E-state index in [1.807, 2.05) is 61.5 Å². The number of ether oxygens (including phenoxy) is 2. The summed E-state index contributed by atoms with van der Waals surface area (Å²) in [6.45, 7) is 2.02. The molecule has 0 aliphatic heterocycles. The van der Waals surface area contributed by atoms with E-state index in [1.165, 1.54) is 30.2 Å². The van der Waals surface area contributed by atoms with Gasteiger partial charge in [0, 0.05) is 27.8 Å². The molecule has 1 atom stereocenters. The van der Waals surface area contributed by atoms with E-state index in [4.69, 9.17) is 9.47 Å². The summed E-state index contributed by atoms with van der Waals surface area (Å²) in [6, 6.07) is 36.5. The van der Waals surface area contributed by atoms with Crippen LogP contribution in [0.4, 0.5) is 10.8 Å². The van der Waals surface area contributed by atoms with Crippen molar-refractivity contribution in [1.29, 1.82) is 0 Å². The first-order valence-electron chi connectivity index (χ1n) is 15.9. The Bertz CT molecular complexity index is 2220. The van der Waals surface area contributed by atoms with Gasteiger partial charge in [-0.1, -0.05) is 72.0 Å². The molecule has 0 aliphatic rings. The zero-order valence-electron chi connectivity index (χ0n) is 28.0. The van der Waals surface area contributed by atoms with Gasteiger partial charge in [0.05, 0.1) is 24.4 Å². The Balaban J connectivity index is 1.25. The molecule has 0 aliphatic carbocycles. The third kappa shape index (κ3) is 8.82. The first kappa shape index (κ1) is 34.9. The number of thiazole rings is 1. The maximum atomic E-state index is 13.8. The molecule has 1 aromatic heterocycles. The number of fused-ring (bicyclic) bond motifs is 1. The van der Waals surface area contributed by atoms with Crippen molar-refractivity contribution >= 4 is 67.9 Å². The minimum atomic E-state index is -0.617. The van der Waals surface area contributed by atoms with Crippen LogP contribution in [0.15, 0.2) is 132 Å². The molecule has 9 nitrogen and oxygen atoms in total. The molecule has 6 rings (SSSR count). The maximum Gasteiger partial charge on any atom is 0.272 e. The predicted molar refractivity (Wildman–Crippen MR) is 205 cm³/mol. The van der Waals surface area contributed by atoms with Crippen LogP contribution in [0.25, 0.3) is 16.3 Å². The van der Waals surface area contributed by atoms with E-state index in [0.29, 0.717) is 33.4 Å². The van der Waals surface area contributed by atoms with Crippen LogP contribution in [-0.4, -0.2) is 36.9 Å². The van der Waals surface area contributed by atoms with E-state index in [0.717, 1.165) is 26.2 Å². The highest BCUT2D eigenvalue weighted by molar-refractivity contribution is 8.00. The van der Waals surface area contributed by atoms with E-state index in [1.54, 1.807) is 79.9 Å². The fraction of sp³-hybridized carbons (Fsp3) is 0.100. The quantitative estimate of drug-likeness (QED) is 0.0860. The number of nitrogens with one attached hydrogen (secondary N) is 3. The van der Waals surface area contributed by atoms with Crippen molar-refractivity contribution in [2.45, 2.75) is 17.1 Å². The lowest BCUT2D eigenvalue weighted by Crippen LogP contribution is -2.30. The molecule has 11 heteroatoms. The third-order valence-corrected chi connectivity index (χ3v) is 9.91. The van der Waals surface area contributed by atoms with E-state index in [2.05, 4.69) is 20.9 Å². The number of anilines is 2. The fourth-order valence-electron chi connectivity index (χ4n) is 5.17. The van der Waals surface area contributed by atoms with E-state index < -0.39 is 17.1 Å². The molecule has 0 fully saturated rings. The number of rotatable bonds is 12. The zero-order chi connectivity index (χ0) is 35.7. The van der Waals surface area contributed by atoms with Crippen LogP contribution in [-0.2, 0) is 9.59 Å². The van der Waals surface area contributed by atoms with E-state index in [-0.39, 0.29) is 11.6 Å². The topological polar surface area (TPSA) is 119 Å². The summed E-state index contributed by atoms with van der Waals surface area (Å²) in [5.74, 6) is -0.191. The molecular formula is C40H34N4O5S2. The number of hydrogen-bond donors (Lipinski definition) is 3. The normalized spacial score (nSPS) is 11.8. The summed E-state index contributed by atoms with van der Waals surface area (Å²) < 4.78 is 11.8. The molecule has 51 heavy (non-hydrogen) atoms. The number of amides is 3. The molecule has 0 bridgehead atoms. The van der Waals surface area contributed by atoms with Crippen LogP contribution in [0.3, 0.4) is 0 Å². The van der Waals surface area contributed by atoms with Crippen molar-refractivity contribution in [2.75, 3.05) is 24.9 Å². The van der Waals surface area contributed by atoms with Crippen molar-refractivity contribution in [3.63, 3.8) is 0 Å². The first-order chi connectivity index (χ1) is 24.8. The lowest BCUT2D eigenvalue weighted by molar-refractivity contribution is -0.116. The molecule has 3 N–H and O–H groups in total. The standard InChI is InChI=1S/C40H34N4O5S2/c1-25-17-20-32-35(21-25)51-40(43-32)44-39(47)36(26-11-6-4-7-12-26)50-31-16-10-15-29(23-31)41-38(46)33(42-37(45)27-13-8-5-9-14-27)22-28-18-19-30(48-2)24-34(28)49-3/h4-24,36H,1-3H3,(H,41,46)(H,42,45)(H,43,44,47)/b33-22+. The second-order valence-corrected chi connectivity index (χ2v) is 13.6. The molecule has 0 saturated carbocycles. The zero-order valence-corrected chi connectivity index (χ0v) is 29.6. The lowest BCUT2D eigenvalue weighted by atomic mass is 10.1. The van der Waals surface area contributed by atoms with Crippen LogP contribution < -0.4 is 25.4 Å². The predicted octanol–water partition coefficient (Wildman–Crippen LogP) is 8.50. The Morgan fingerprint density at radius 3 is 2.31 bits per heavy atom. The van der Waals surface area contributed by atoms with E-state index >= 15 is 0 Å². The molecule has 0 radical (unpaired) electrons. The van der Waals surface area contributed by atoms with Crippen LogP contribution in [0.2, 0.25) is 0 Å². The van der Waals surface area contributed by atoms with Gasteiger partial charge in [-0.05, 0) is 78.7 Å². The number of thioether (sulfide) groups is 1. The minimum absolute atomic E-state index is 0.00190. The summed E-state index contributed by atoms with van der Waals surface area (Å²) in [5, 5.41) is 8.59. The van der Waals surface area contributed by atoms with Gasteiger partial charge < -0.3 is 25.4 Å². The molecule has 256 valence electrons. The average molecular weight is 715 g/mol. The highest BCUT2D eigenvalue weighted by Gasteiger charge is 2.24. The SMILES string of the molecule is COc1ccc(/C=C(/NC(=O)c2ccccc2)C(=O)Nc2cccc(SC(C(=O)Nc3nc4ccc(C)cc4s3)c3ccccc3)c2)c(OC)c1. The summed E-state index contributed by atoms with van der Waals surface area (Å²) >= 11 is 2.78. The van der Waals surface area contributed by atoms with Gasteiger partial charge >= 0.3 is 0 Å². The summed E-state index contributed by atoms with van der Waals surface area (Å²) in [4.78, 5) is 46.2. The summed E-state index contributed by atoms with van der Waals surface area (Å²) in [5.41, 5.74) is 4.18. The molecule has 6 aromatic rings. The first-order valence-corrected chi connectivity index (χ1v) is 17.6. The number of nitrogens with zero attached hydrogens (tertiary/aromatic N) is 1. The fourth-order valence-corrected chi connectivity index (χ4v) is 7.22. The van der Waals surface area contributed by atoms with Gasteiger partial charge in [0.15, 0.2) is 5.13 Å². The van der Waals surface area contributed by atoms with Gasteiger partial charge in [0.2, 0.25) is 5.91 Å². The molecule has 1 heterocycles. The Kier molecular flexibility index (Phi) is 11.1. The monoisotopic (exact) mass is 714 g/mol. The van der Waals surface area contributed by atoms with Crippen molar-refractivity contribution < 1.29 is 23.9 Å². The number of aryl methyl sites for hydroxylation is 1. The number of aromatic nitrogens is 1. The average Bonchev–Trinajstić information content (AvgIpc) is 3.55. The third-order valence-electron chi connectivity index (χ3n) is 7.73.